The van der Waals surface area contributed by atoms with Crippen molar-refractivity contribution in [2.45, 2.75) is 77.2 Å². The summed E-state index contributed by atoms with van der Waals surface area (Å²) in [5.41, 5.74) is 0.00582. The summed E-state index contributed by atoms with van der Waals surface area (Å²) in [7, 11) is 0. The third-order valence-electron chi connectivity index (χ3n) is 4.72. The van der Waals surface area contributed by atoms with Crippen molar-refractivity contribution < 1.29 is 22.7 Å². The third kappa shape index (κ3) is 6.31. The van der Waals surface area contributed by atoms with Crippen LogP contribution >= 0.6 is 0 Å². The van der Waals surface area contributed by atoms with E-state index in [1.165, 1.54) is 37.8 Å². The van der Waals surface area contributed by atoms with Gasteiger partial charge in [-0.1, -0.05) is 51.2 Å². The van der Waals surface area contributed by atoms with Crippen LogP contribution in [0.3, 0.4) is 0 Å². The number of ether oxygens (including phenoxy) is 1. The van der Waals surface area contributed by atoms with E-state index in [9.17, 15) is 18.0 Å². The van der Waals surface area contributed by atoms with Gasteiger partial charge in [0.05, 0.1) is 5.56 Å². The second-order valence-electron chi connectivity index (χ2n) is 6.85. The largest absolute Gasteiger partial charge is 0.416 e. The molecule has 1 aromatic carbocycles. The first-order chi connectivity index (χ1) is 12.4. The second kappa shape index (κ2) is 9.95. The molecule has 0 bridgehead atoms. The number of carbonyl (C=O) groups is 1. The maximum absolute atomic E-state index is 12.6. The van der Waals surface area contributed by atoms with Gasteiger partial charge in [-0.05, 0) is 24.1 Å². The number of hydrogen-bond donors (Lipinski definition) is 0. The highest BCUT2D eigenvalue weighted by molar-refractivity contribution is 5.78. The van der Waals surface area contributed by atoms with Gasteiger partial charge in [-0.25, -0.2) is 0 Å². The Kier molecular flexibility index (Phi) is 7.94. The molecule has 1 saturated heterocycles. The van der Waals surface area contributed by atoms with Crippen molar-refractivity contribution in [2.75, 3.05) is 6.61 Å². The molecule has 1 aliphatic rings. The molecule has 1 fully saturated rings. The van der Waals surface area contributed by atoms with Crippen molar-refractivity contribution in [3.8, 4) is 0 Å². The minimum Gasteiger partial charge on any atom is -0.358 e. The quantitative estimate of drug-likeness (QED) is 0.506. The van der Waals surface area contributed by atoms with Crippen molar-refractivity contribution in [1.82, 2.24) is 4.90 Å². The summed E-state index contributed by atoms with van der Waals surface area (Å²) in [6.45, 7) is 3.09. The zero-order valence-electron chi connectivity index (χ0n) is 15.4. The lowest BCUT2D eigenvalue weighted by molar-refractivity contribution is -0.138. The van der Waals surface area contributed by atoms with E-state index in [2.05, 4.69) is 6.92 Å². The molecule has 0 saturated carbocycles. The SMILES string of the molecule is CCCCCCCCOC1CCC(=O)N1Cc1ccc(C(F)(F)F)cc1. The van der Waals surface area contributed by atoms with Crippen molar-refractivity contribution >= 4 is 5.91 Å². The predicted octanol–water partition coefficient (Wildman–Crippen LogP) is 5.53. The van der Waals surface area contributed by atoms with Crippen LogP contribution in [0.5, 0.6) is 0 Å². The normalized spacial score (nSPS) is 17.9. The summed E-state index contributed by atoms with van der Waals surface area (Å²) in [6, 6.07) is 4.97. The molecule has 0 aliphatic carbocycles. The lowest BCUT2D eigenvalue weighted by Crippen LogP contribution is -2.34. The fourth-order valence-electron chi connectivity index (χ4n) is 3.17. The Morgan fingerprint density at radius 1 is 1.08 bits per heavy atom. The zero-order valence-corrected chi connectivity index (χ0v) is 15.4. The molecule has 1 heterocycles. The molecule has 6 heteroatoms. The van der Waals surface area contributed by atoms with Crippen LogP contribution in [0, 0.1) is 0 Å². The average molecular weight is 371 g/mol. The summed E-state index contributed by atoms with van der Waals surface area (Å²) in [5.74, 6) is -0.00200. The Balaban J connectivity index is 1.80. The number of amides is 1. The second-order valence-corrected chi connectivity index (χ2v) is 6.85. The van der Waals surface area contributed by atoms with Gasteiger partial charge in [0.1, 0.15) is 6.23 Å². The first-order valence-corrected chi connectivity index (χ1v) is 9.49. The van der Waals surface area contributed by atoms with Gasteiger partial charge in [-0.15, -0.1) is 0 Å². The van der Waals surface area contributed by atoms with Crippen LogP contribution in [0.2, 0.25) is 0 Å². The van der Waals surface area contributed by atoms with Gasteiger partial charge >= 0.3 is 6.18 Å². The van der Waals surface area contributed by atoms with Crippen molar-refractivity contribution in [3.63, 3.8) is 0 Å². The molecule has 26 heavy (non-hydrogen) atoms. The number of rotatable bonds is 10. The predicted molar refractivity (Wildman–Crippen MR) is 94.3 cm³/mol. The van der Waals surface area contributed by atoms with Crippen molar-refractivity contribution in [1.29, 1.82) is 0 Å². The van der Waals surface area contributed by atoms with Gasteiger partial charge in [0.2, 0.25) is 5.91 Å². The first kappa shape index (κ1) is 20.7. The van der Waals surface area contributed by atoms with Crippen LogP contribution in [0.1, 0.15) is 69.4 Å². The maximum Gasteiger partial charge on any atom is 0.416 e. The lowest BCUT2D eigenvalue weighted by atomic mass is 10.1. The molecule has 0 radical (unpaired) electrons. The van der Waals surface area contributed by atoms with Gasteiger partial charge in [-0.2, -0.15) is 13.2 Å². The Bertz CT molecular complexity index is 557. The molecule has 1 amide bonds. The number of alkyl halides is 3. The Morgan fingerprint density at radius 2 is 1.73 bits per heavy atom. The summed E-state index contributed by atoms with van der Waals surface area (Å²) in [5, 5.41) is 0. The van der Waals surface area contributed by atoms with Crippen LogP contribution in [0.25, 0.3) is 0 Å². The number of nitrogens with zero attached hydrogens (tertiary/aromatic N) is 1. The van der Waals surface area contributed by atoms with Gasteiger partial charge in [0.25, 0.3) is 0 Å². The van der Waals surface area contributed by atoms with E-state index in [1.807, 2.05) is 0 Å². The van der Waals surface area contributed by atoms with E-state index in [0.29, 0.717) is 25.0 Å². The van der Waals surface area contributed by atoms with E-state index in [4.69, 9.17) is 4.74 Å². The summed E-state index contributed by atoms with van der Waals surface area (Å²) >= 11 is 0. The van der Waals surface area contributed by atoms with Crippen LogP contribution in [-0.4, -0.2) is 23.6 Å². The van der Waals surface area contributed by atoms with Crippen LogP contribution in [0.15, 0.2) is 24.3 Å². The third-order valence-corrected chi connectivity index (χ3v) is 4.72. The molecule has 2 rings (SSSR count). The Morgan fingerprint density at radius 3 is 2.38 bits per heavy atom. The van der Waals surface area contributed by atoms with Gasteiger partial charge < -0.3 is 9.64 Å². The lowest BCUT2D eigenvalue weighted by Gasteiger charge is -2.25. The van der Waals surface area contributed by atoms with Crippen LogP contribution < -0.4 is 0 Å². The highest BCUT2D eigenvalue weighted by Gasteiger charge is 2.32. The van der Waals surface area contributed by atoms with Crippen LogP contribution in [-0.2, 0) is 22.3 Å². The number of likely N-dealkylation sites (tertiary alicyclic amines) is 1. The maximum atomic E-state index is 12.6. The number of carbonyl (C=O) groups excluding carboxylic acids is 1. The van der Waals surface area contributed by atoms with E-state index < -0.39 is 11.7 Å². The van der Waals surface area contributed by atoms with E-state index in [1.54, 1.807) is 4.90 Å². The molecule has 1 aliphatic heterocycles. The minimum atomic E-state index is -4.34. The summed E-state index contributed by atoms with van der Waals surface area (Å²) in [4.78, 5) is 13.7. The number of halogens is 3. The van der Waals surface area contributed by atoms with Gasteiger partial charge in [0.15, 0.2) is 0 Å². The highest BCUT2D eigenvalue weighted by atomic mass is 19.4. The van der Waals surface area contributed by atoms with Gasteiger partial charge in [-0.3, -0.25) is 4.79 Å². The molecule has 0 aromatic heterocycles. The molecule has 3 nitrogen and oxygen atoms in total. The molecule has 1 aromatic rings. The zero-order chi connectivity index (χ0) is 19.0. The Labute approximate surface area is 153 Å². The number of benzene rings is 1. The number of hydrogen-bond acceptors (Lipinski definition) is 2. The molecule has 1 unspecified atom stereocenters. The summed E-state index contributed by atoms with van der Waals surface area (Å²) < 4.78 is 43.8. The average Bonchev–Trinajstić information content (AvgIpc) is 2.94. The molecule has 146 valence electrons. The Hall–Kier alpha value is -1.56. The summed E-state index contributed by atoms with van der Waals surface area (Å²) in [6.07, 6.45) is 3.51. The van der Waals surface area contributed by atoms with Crippen molar-refractivity contribution in [2.24, 2.45) is 0 Å². The highest BCUT2D eigenvalue weighted by Crippen LogP contribution is 2.30. The van der Waals surface area contributed by atoms with E-state index in [-0.39, 0.29) is 18.7 Å². The molecule has 0 spiro atoms. The van der Waals surface area contributed by atoms with E-state index in [0.717, 1.165) is 25.0 Å². The first-order valence-electron chi connectivity index (χ1n) is 9.49. The molecule has 1 atom stereocenters. The molecular formula is C20H28F3NO2. The topological polar surface area (TPSA) is 29.5 Å². The van der Waals surface area contributed by atoms with E-state index >= 15 is 0 Å². The van der Waals surface area contributed by atoms with Crippen LogP contribution in [0.4, 0.5) is 13.2 Å². The minimum absolute atomic E-state index is 0.00200. The number of unbranched alkanes of at least 4 members (excludes halogenated alkanes) is 5. The monoisotopic (exact) mass is 371 g/mol. The smallest absolute Gasteiger partial charge is 0.358 e. The standard InChI is InChI=1S/C20H28F3NO2/c1-2-3-4-5-6-7-14-26-19-13-12-18(25)24(19)15-16-8-10-17(11-9-16)20(21,22)23/h8-11,19H,2-7,12-15H2,1H3. The molecule has 0 N–H and O–H groups in total. The molecular weight excluding hydrogens is 343 g/mol. The fourth-order valence-corrected chi connectivity index (χ4v) is 3.17. The van der Waals surface area contributed by atoms with Gasteiger partial charge in [0, 0.05) is 26.0 Å². The fraction of sp³-hybridized carbons (Fsp3) is 0.650. The van der Waals surface area contributed by atoms with Crippen molar-refractivity contribution in [3.05, 3.63) is 35.4 Å².